The summed E-state index contributed by atoms with van der Waals surface area (Å²) >= 11 is 0. The number of anilines is 2. The molecule has 0 aliphatic rings. The van der Waals surface area contributed by atoms with Crippen LogP contribution in [0.3, 0.4) is 0 Å². The van der Waals surface area contributed by atoms with Crippen molar-refractivity contribution in [3.8, 4) is 0 Å². The summed E-state index contributed by atoms with van der Waals surface area (Å²) in [6, 6.07) is 28.1. The molecule has 0 spiro atoms. The molecule has 0 atom stereocenters. The Kier molecular flexibility index (Phi) is 6.23. The van der Waals surface area contributed by atoms with Crippen molar-refractivity contribution in [2.45, 2.75) is 6.04 Å². The van der Waals surface area contributed by atoms with Gasteiger partial charge in [0.15, 0.2) is 0 Å². The van der Waals surface area contributed by atoms with E-state index in [9.17, 15) is 4.79 Å². The Morgan fingerprint density at radius 1 is 0.815 bits per heavy atom. The van der Waals surface area contributed by atoms with E-state index in [-0.39, 0.29) is 18.5 Å². The molecule has 0 aliphatic heterocycles. The first-order valence-electron chi connectivity index (χ1n) is 9.04. The second kappa shape index (κ2) is 9.01. The molecule has 0 unspecified atom stereocenters. The van der Waals surface area contributed by atoms with Gasteiger partial charge in [-0.15, -0.1) is 0 Å². The number of amides is 1. The van der Waals surface area contributed by atoms with Crippen LogP contribution in [0.2, 0.25) is 0 Å². The van der Waals surface area contributed by atoms with Crippen molar-refractivity contribution in [1.82, 2.24) is 5.32 Å². The molecule has 3 rings (SSSR count). The van der Waals surface area contributed by atoms with Crippen LogP contribution < -0.4 is 15.5 Å². The molecular formula is C23H25N3O. The van der Waals surface area contributed by atoms with Crippen LogP contribution >= 0.6 is 0 Å². The van der Waals surface area contributed by atoms with Crippen LogP contribution in [-0.2, 0) is 4.79 Å². The zero-order chi connectivity index (χ0) is 19.1. The highest BCUT2D eigenvalue weighted by atomic mass is 16.1. The molecule has 2 N–H and O–H groups in total. The molecular weight excluding hydrogens is 334 g/mol. The number of nitrogens with one attached hydrogen (secondary N) is 2. The fourth-order valence-corrected chi connectivity index (χ4v) is 2.96. The maximum Gasteiger partial charge on any atom is 0.238 e. The Hall–Kier alpha value is -3.11. The van der Waals surface area contributed by atoms with Gasteiger partial charge in [-0.3, -0.25) is 10.1 Å². The molecule has 4 heteroatoms. The zero-order valence-corrected chi connectivity index (χ0v) is 15.7. The number of nitrogens with zero attached hydrogens (tertiary/aromatic N) is 1. The monoisotopic (exact) mass is 359 g/mol. The first kappa shape index (κ1) is 18.7. The van der Waals surface area contributed by atoms with Gasteiger partial charge in [0.1, 0.15) is 0 Å². The summed E-state index contributed by atoms with van der Waals surface area (Å²) in [5, 5.41) is 6.33. The van der Waals surface area contributed by atoms with E-state index in [2.05, 4.69) is 34.9 Å². The minimum atomic E-state index is -0.0653. The molecule has 0 saturated carbocycles. The Labute approximate surface area is 160 Å². The number of hydrogen-bond donors (Lipinski definition) is 2. The van der Waals surface area contributed by atoms with Crippen molar-refractivity contribution in [1.29, 1.82) is 0 Å². The lowest BCUT2D eigenvalue weighted by atomic mass is 9.99. The van der Waals surface area contributed by atoms with Gasteiger partial charge in [-0.25, -0.2) is 0 Å². The Balaban J connectivity index is 1.65. The molecule has 0 bridgehead atoms. The largest absolute Gasteiger partial charge is 0.378 e. The van der Waals surface area contributed by atoms with Gasteiger partial charge in [0.25, 0.3) is 0 Å². The zero-order valence-electron chi connectivity index (χ0n) is 15.7. The second-order valence-electron chi connectivity index (χ2n) is 6.62. The fourth-order valence-electron chi connectivity index (χ4n) is 2.96. The lowest BCUT2D eigenvalue weighted by Crippen LogP contribution is -2.31. The standard InChI is InChI=1S/C23H25N3O/c1-26(2)21-15-13-20(14-16-21)25-22(27)17-24-23(18-9-5-3-6-10-18)19-11-7-4-8-12-19/h3-16,23-24H,17H2,1-2H3,(H,25,27). The number of carbonyl (C=O) groups excluding carboxylic acids is 1. The number of hydrogen-bond acceptors (Lipinski definition) is 3. The minimum Gasteiger partial charge on any atom is -0.378 e. The second-order valence-corrected chi connectivity index (χ2v) is 6.62. The van der Waals surface area contributed by atoms with Crippen molar-refractivity contribution in [2.75, 3.05) is 30.9 Å². The molecule has 3 aromatic carbocycles. The van der Waals surface area contributed by atoms with Gasteiger partial charge in [-0.1, -0.05) is 60.7 Å². The van der Waals surface area contributed by atoms with Gasteiger partial charge in [0, 0.05) is 25.5 Å². The third kappa shape index (κ3) is 5.19. The van der Waals surface area contributed by atoms with Gasteiger partial charge in [0.05, 0.1) is 12.6 Å². The molecule has 0 heterocycles. The summed E-state index contributed by atoms with van der Waals surface area (Å²) in [4.78, 5) is 14.4. The molecule has 0 aromatic heterocycles. The predicted molar refractivity (Wildman–Crippen MR) is 112 cm³/mol. The number of rotatable bonds is 7. The molecule has 4 nitrogen and oxygen atoms in total. The van der Waals surface area contributed by atoms with Gasteiger partial charge in [-0.05, 0) is 35.4 Å². The summed E-state index contributed by atoms with van der Waals surface area (Å²) in [6.45, 7) is 0.226. The van der Waals surface area contributed by atoms with E-state index in [0.29, 0.717) is 0 Å². The molecule has 0 radical (unpaired) electrons. The van der Waals surface area contributed by atoms with E-state index in [1.54, 1.807) is 0 Å². The molecule has 0 fully saturated rings. The highest BCUT2D eigenvalue weighted by molar-refractivity contribution is 5.92. The van der Waals surface area contributed by atoms with Gasteiger partial charge in [-0.2, -0.15) is 0 Å². The Morgan fingerprint density at radius 3 is 1.81 bits per heavy atom. The van der Waals surface area contributed by atoms with Crippen molar-refractivity contribution in [3.63, 3.8) is 0 Å². The van der Waals surface area contributed by atoms with Crippen LogP contribution in [0.1, 0.15) is 17.2 Å². The minimum absolute atomic E-state index is 0.0331. The predicted octanol–water partition coefficient (Wildman–Crippen LogP) is 4.07. The van der Waals surface area contributed by atoms with E-state index >= 15 is 0 Å². The van der Waals surface area contributed by atoms with Crippen LogP contribution in [0.25, 0.3) is 0 Å². The highest BCUT2D eigenvalue weighted by Gasteiger charge is 2.14. The normalized spacial score (nSPS) is 10.6. The fraction of sp³-hybridized carbons (Fsp3) is 0.174. The first-order valence-corrected chi connectivity index (χ1v) is 9.04. The maximum absolute atomic E-state index is 12.4. The van der Waals surface area contributed by atoms with E-state index in [4.69, 9.17) is 0 Å². The van der Waals surface area contributed by atoms with E-state index in [1.165, 1.54) is 0 Å². The molecule has 0 saturated heterocycles. The summed E-state index contributed by atoms with van der Waals surface area (Å²) in [7, 11) is 3.98. The topological polar surface area (TPSA) is 44.4 Å². The third-order valence-corrected chi connectivity index (χ3v) is 4.40. The quantitative estimate of drug-likeness (QED) is 0.668. The summed E-state index contributed by atoms with van der Waals surface area (Å²) in [5.41, 5.74) is 4.15. The Morgan fingerprint density at radius 2 is 1.33 bits per heavy atom. The maximum atomic E-state index is 12.4. The molecule has 0 aliphatic carbocycles. The molecule has 1 amide bonds. The van der Waals surface area contributed by atoms with Gasteiger partial charge >= 0.3 is 0 Å². The van der Waals surface area contributed by atoms with E-state index in [1.807, 2.05) is 79.7 Å². The third-order valence-electron chi connectivity index (χ3n) is 4.40. The van der Waals surface area contributed by atoms with Crippen LogP contribution in [0.4, 0.5) is 11.4 Å². The number of carbonyl (C=O) groups is 1. The molecule has 138 valence electrons. The van der Waals surface area contributed by atoms with Gasteiger partial charge in [0.2, 0.25) is 5.91 Å². The SMILES string of the molecule is CN(C)c1ccc(NC(=O)CNC(c2ccccc2)c2ccccc2)cc1. The number of benzene rings is 3. The van der Waals surface area contributed by atoms with Gasteiger partial charge < -0.3 is 10.2 Å². The first-order chi connectivity index (χ1) is 13.1. The Bertz CT molecular complexity index is 806. The lowest BCUT2D eigenvalue weighted by Gasteiger charge is -2.20. The summed E-state index contributed by atoms with van der Waals surface area (Å²) in [6.07, 6.45) is 0. The van der Waals surface area contributed by atoms with E-state index in [0.717, 1.165) is 22.5 Å². The van der Waals surface area contributed by atoms with Crippen molar-refractivity contribution >= 4 is 17.3 Å². The van der Waals surface area contributed by atoms with Crippen LogP contribution in [0, 0.1) is 0 Å². The average molecular weight is 359 g/mol. The van der Waals surface area contributed by atoms with Crippen molar-refractivity contribution in [3.05, 3.63) is 96.1 Å². The van der Waals surface area contributed by atoms with Crippen LogP contribution in [0.15, 0.2) is 84.9 Å². The van der Waals surface area contributed by atoms with Crippen molar-refractivity contribution < 1.29 is 4.79 Å². The molecule has 3 aromatic rings. The molecule has 27 heavy (non-hydrogen) atoms. The average Bonchev–Trinajstić information content (AvgIpc) is 2.70. The smallest absolute Gasteiger partial charge is 0.238 e. The van der Waals surface area contributed by atoms with Crippen molar-refractivity contribution in [2.24, 2.45) is 0 Å². The summed E-state index contributed by atoms with van der Waals surface area (Å²) < 4.78 is 0. The summed E-state index contributed by atoms with van der Waals surface area (Å²) in [5.74, 6) is -0.0653. The van der Waals surface area contributed by atoms with Crippen LogP contribution in [0.5, 0.6) is 0 Å². The lowest BCUT2D eigenvalue weighted by molar-refractivity contribution is -0.115. The van der Waals surface area contributed by atoms with Crippen LogP contribution in [-0.4, -0.2) is 26.5 Å². The van der Waals surface area contributed by atoms with E-state index < -0.39 is 0 Å². The highest BCUT2D eigenvalue weighted by Crippen LogP contribution is 2.21.